The highest BCUT2D eigenvalue weighted by Gasteiger charge is 2.35. The monoisotopic (exact) mass is 625 g/mol. The molecule has 0 spiro atoms. The second-order valence-electron chi connectivity index (χ2n) is 8.40. The van der Waals surface area contributed by atoms with Crippen LogP contribution in [0.4, 0.5) is 18.9 Å². The average molecular weight is 627 g/mol. The number of benzene rings is 2. The van der Waals surface area contributed by atoms with Gasteiger partial charge in [0, 0.05) is 17.6 Å². The topological polar surface area (TPSA) is 86.8 Å². The zero-order valence-corrected chi connectivity index (χ0v) is 23.6. The van der Waals surface area contributed by atoms with Crippen molar-refractivity contribution in [3.05, 3.63) is 63.1 Å². The molecule has 204 valence electrons. The Bertz CT molecular complexity index is 1210. The van der Waals surface area contributed by atoms with Gasteiger partial charge in [0.05, 0.1) is 22.5 Å². The molecule has 0 fully saturated rings. The molecular weight excluding hydrogens is 599 g/mol. The Balaban J connectivity index is 2.43. The van der Waals surface area contributed by atoms with Crippen molar-refractivity contribution in [1.82, 2.24) is 10.2 Å². The van der Waals surface area contributed by atoms with Crippen LogP contribution in [0, 0.1) is 0 Å². The first-order valence-corrected chi connectivity index (χ1v) is 14.3. The van der Waals surface area contributed by atoms with Crippen LogP contribution in [0.5, 0.6) is 0 Å². The molecule has 0 heterocycles. The van der Waals surface area contributed by atoms with Crippen molar-refractivity contribution in [3.63, 3.8) is 0 Å². The summed E-state index contributed by atoms with van der Waals surface area (Å²) in [5, 5.41) is 2.14. The van der Waals surface area contributed by atoms with Crippen LogP contribution in [-0.2, 0) is 32.3 Å². The second kappa shape index (κ2) is 13.0. The van der Waals surface area contributed by atoms with E-state index in [-0.39, 0.29) is 12.2 Å². The lowest BCUT2D eigenvalue weighted by molar-refractivity contribution is -0.139. The molecule has 0 unspecified atom stereocenters. The molecule has 1 N–H and O–H groups in total. The van der Waals surface area contributed by atoms with Crippen molar-refractivity contribution in [2.45, 2.75) is 45.5 Å². The normalized spacial score (nSPS) is 12.6. The predicted molar refractivity (Wildman–Crippen MR) is 141 cm³/mol. The van der Waals surface area contributed by atoms with E-state index in [1.165, 1.54) is 11.8 Å². The van der Waals surface area contributed by atoms with Crippen LogP contribution in [0.25, 0.3) is 0 Å². The van der Waals surface area contributed by atoms with Crippen molar-refractivity contribution in [3.8, 4) is 0 Å². The van der Waals surface area contributed by atoms with E-state index in [4.69, 9.17) is 11.6 Å². The van der Waals surface area contributed by atoms with Crippen LogP contribution in [0.3, 0.4) is 0 Å². The van der Waals surface area contributed by atoms with E-state index in [0.29, 0.717) is 22.5 Å². The Morgan fingerprint density at radius 2 is 1.76 bits per heavy atom. The molecule has 2 aromatic carbocycles. The van der Waals surface area contributed by atoms with Gasteiger partial charge in [0.1, 0.15) is 12.6 Å². The quantitative estimate of drug-likeness (QED) is 0.347. The Morgan fingerprint density at radius 3 is 2.30 bits per heavy atom. The Morgan fingerprint density at radius 1 is 1.14 bits per heavy atom. The van der Waals surface area contributed by atoms with E-state index in [2.05, 4.69) is 21.2 Å². The van der Waals surface area contributed by atoms with Gasteiger partial charge in [-0.05, 0) is 49.2 Å². The number of sulfonamides is 1. The Kier molecular flexibility index (Phi) is 10.8. The van der Waals surface area contributed by atoms with E-state index in [1.54, 1.807) is 24.3 Å². The van der Waals surface area contributed by atoms with Crippen LogP contribution in [0.2, 0.25) is 5.02 Å². The molecule has 0 saturated carbocycles. The van der Waals surface area contributed by atoms with Crippen molar-refractivity contribution in [2.24, 2.45) is 0 Å². The number of carbonyl (C=O) groups is 2. The first kappa shape index (κ1) is 30.9. The van der Waals surface area contributed by atoms with Gasteiger partial charge in [-0.15, -0.1) is 0 Å². The van der Waals surface area contributed by atoms with Crippen LogP contribution in [0.1, 0.15) is 37.8 Å². The maximum atomic E-state index is 13.5. The minimum absolute atomic E-state index is 0.0273. The van der Waals surface area contributed by atoms with E-state index in [9.17, 15) is 31.2 Å². The molecule has 0 radical (unpaired) electrons. The fourth-order valence-corrected chi connectivity index (χ4v) is 4.74. The summed E-state index contributed by atoms with van der Waals surface area (Å²) in [5.74, 6) is -1.20. The molecule has 0 bridgehead atoms. The zero-order valence-electron chi connectivity index (χ0n) is 20.5. The Hall–Kier alpha value is -2.31. The molecule has 2 aromatic rings. The second-order valence-corrected chi connectivity index (χ2v) is 11.6. The number of hydrogen-bond donors (Lipinski definition) is 1. The number of anilines is 1. The van der Waals surface area contributed by atoms with E-state index in [0.717, 1.165) is 35.7 Å². The molecule has 0 aromatic heterocycles. The standard InChI is InChI=1S/C24H28BrClF3N3O4S/c1-4-5-12-30-23(34)16(2)31(14-17-6-8-18(25)9-7-17)22(33)15-32(37(3,35)36)19-10-11-21(26)20(13-19)24(27,28)29/h6-11,13,16H,4-5,12,14-15H2,1-3H3,(H,30,34)/t16-/m1/s1. The lowest BCUT2D eigenvalue weighted by Crippen LogP contribution is -2.51. The number of halogens is 5. The van der Waals surface area contributed by atoms with E-state index < -0.39 is 51.2 Å². The van der Waals surface area contributed by atoms with Gasteiger partial charge in [-0.3, -0.25) is 13.9 Å². The fourth-order valence-electron chi connectivity index (χ4n) is 3.40. The average Bonchev–Trinajstić information content (AvgIpc) is 2.80. The fraction of sp³-hybridized carbons (Fsp3) is 0.417. The summed E-state index contributed by atoms with van der Waals surface area (Å²) >= 11 is 9.00. The highest BCUT2D eigenvalue weighted by Crippen LogP contribution is 2.37. The number of rotatable bonds is 11. The molecule has 0 aliphatic rings. The maximum Gasteiger partial charge on any atom is 0.417 e. The molecule has 1 atom stereocenters. The lowest BCUT2D eigenvalue weighted by atomic mass is 10.1. The predicted octanol–water partition coefficient (Wildman–Crippen LogP) is 5.22. The minimum atomic E-state index is -4.83. The molecule has 2 rings (SSSR count). The third kappa shape index (κ3) is 8.89. The van der Waals surface area contributed by atoms with Gasteiger partial charge in [0.25, 0.3) is 0 Å². The molecule has 0 saturated heterocycles. The number of carbonyl (C=O) groups excluding carboxylic acids is 2. The number of alkyl halides is 3. The molecule has 7 nitrogen and oxygen atoms in total. The number of hydrogen-bond acceptors (Lipinski definition) is 4. The van der Waals surface area contributed by atoms with Gasteiger partial charge in [0.15, 0.2) is 0 Å². The molecule has 0 aliphatic carbocycles. The van der Waals surface area contributed by atoms with Crippen LogP contribution in [0.15, 0.2) is 46.9 Å². The Labute approximate surface area is 228 Å². The van der Waals surface area contributed by atoms with Gasteiger partial charge < -0.3 is 10.2 Å². The van der Waals surface area contributed by atoms with Gasteiger partial charge in [-0.1, -0.05) is 53.0 Å². The van der Waals surface area contributed by atoms with E-state index >= 15 is 0 Å². The first-order chi connectivity index (χ1) is 17.1. The highest BCUT2D eigenvalue weighted by molar-refractivity contribution is 9.10. The summed E-state index contributed by atoms with van der Waals surface area (Å²) in [6.07, 6.45) is -2.47. The van der Waals surface area contributed by atoms with Gasteiger partial charge in [-0.25, -0.2) is 8.42 Å². The van der Waals surface area contributed by atoms with Crippen molar-refractivity contribution in [2.75, 3.05) is 23.7 Å². The van der Waals surface area contributed by atoms with Crippen molar-refractivity contribution in [1.29, 1.82) is 0 Å². The lowest BCUT2D eigenvalue weighted by Gasteiger charge is -2.31. The molecule has 13 heteroatoms. The number of amides is 2. The summed E-state index contributed by atoms with van der Waals surface area (Å²) < 4.78 is 66.7. The smallest absolute Gasteiger partial charge is 0.354 e. The van der Waals surface area contributed by atoms with Crippen LogP contribution >= 0.6 is 27.5 Å². The molecular formula is C24H28BrClF3N3O4S. The van der Waals surface area contributed by atoms with Gasteiger partial charge >= 0.3 is 6.18 Å². The summed E-state index contributed by atoms with van der Waals surface area (Å²) in [5.41, 5.74) is -0.944. The molecule has 0 aliphatic heterocycles. The zero-order chi connectivity index (χ0) is 28.0. The molecule has 37 heavy (non-hydrogen) atoms. The number of nitrogens with one attached hydrogen (secondary N) is 1. The van der Waals surface area contributed by atoms with Gasteiger partial charge in [-0.2, -0.15) is 13.2 Å². The maximum absolute atomic E-state index is 13.5. The largest absolute Gasteiger partial charge is 0.417 e. The summed E-state index contributed by atoms with van der Waals surface area (Å²) in [7, 11) is -4.19. The van der Waals surface area contributed by atoms with E-state index in [1.807, 2.05) is 6.92 Å². The summed E-state index contributed by atoms with van der Waals surface area (Å²) in [6.45, 7) is 3.02. The minimum Gasteiger partial charge on any atom is -0.354 e. The van der Waals surface area contributed by atoms with Crippen LogP contribution < -0.4 is 9.62 Å². The van der Waals surface area contributed by atoms with Crippen molar-refractivity contribution < 1.29 is 31.2 Å². The van der Waals surface area contributed by atoms with Crippen LogP contribution in [-0.4, -0.2) is 50.5 Å². The SMILES string of the molecule is CCCCNC(=O)[C@@H](C)N(Cc1ccc(Br)cc1)C(=O)CN(c1ccc(Cl)c(C(F)(F)F)c1)S(C)(=O)=O. The third-order valence-corrected chi connectivity index (χ3v) is 7.48. The van der Waals surface area contributed by atoms with Crippen molar-refractivity contribution >= 4 is 55.1 Å². The summed E-state index contributed by atoms with van der Waals surface area (Å²) in [6, 6.07) is 8.57. The molecule has 2 amide bonds. The first-order valence-electron chi connectivity index (χ1n) is 11.3. The number of unbranched alkanes of at least 4 members (excludes halogenated alkanes) is 1. The summed E-state index contributed by atoms with van der Waals surface area (Å²) in [4.78, 5) is 27.4. The number of nitrogens with zero attached hydrogens (tertiary/aromatic N) is 2. The van der Waals surface area contributed by atoms with Gasteiger partial charge in [0.2, 0.25) is 21.8 Å². The third-order valence-electron chi connectivity index (χ3n) is 5.49. The highest BCUT2D eigenvalue weighted by atomic mass is 79.9.